The molecular weight excluding hydrogens is 286 g/mol. The van der Waals surface area contributed by atoms with Crippen LogP contribution in [0.4, 0.5) is 5.82 Å². The largest absolute Gasteiger partial charge is 0.497 e. The molecule has 0 spiro atoms. The molecule has 0 unspecified atom stereocenters. The molecule has 0 saturated heterocycles. The van der Waals surface area contributed by atoms with E-state index < -0.39 is 0 Å². The van der Waals surface area contributed by atoms with Gasteiger partial charge in [-0.05, 0) is 36.4 Å². The van der Waals surface area contributed by atoms with Crippen LogP contribution in [0.25, 0.3) is 16.9 Å². The Morgan fingerprint density at radius 3 is 2.52 bits per heavy atom. The molecule has 0 atom stereocenters. The monoisotopic (exact) mass is 299 g/mol. The quantitative estimate of drug-likeness (QED) is 0.800. The number of aromatic nitrogens is 2. The van der Waals surface area contributed by atoms with Crippen LogP contribution in [0.5, 0.6) is 5.75 Å². The predicted octanol–water partition coefficient (Wildman–Crippen LogP) is 3.78. The van der Waals surface area contributed by atoms with Crippen LogP contribution < -0.4 is 10.5 Å². The standard InChI is InChI=1S/C16H14ClN3O/c1-21-14-7-5-13(6-8-14)20-16(18)10-15(19-20)11-3-2-4-12(17)9-11/h2-10H,18H2,1H3. The van der Waals surface area contributed by atoms with Gasteiger partial charge in [0, 0.05) is 16.7 Å². The third-order valence-corrected chi connectivity index (χ3v) is 3.41. The molecule has 0 saturated carbocycles. The SMILES string of the molecule is COc1ccc(-n2nc(-c3cccc(Cl)c3)cc2N)cc1. The Morgan fingerprint density at radius 2 is 1.86 bits per heavy atom. The van der Waals surface area contributed by atoms with Crippen molar-refractivity contribution in [1.82, 2.24) is 9.78 Å². The zero-order valence-electron chi connectivity index (χ0n) is 11.5. The van der Waals surface area contributed by atoms with E-state index >= 15 is 0 Å². The summed E-state index contributed by atoms with van der Waals surface area (Å²) < 4.78 is 6.84. The zero-order chi connectivity index (χ0) is 14.8. The molecule has 2 aromatic carbocycles. The van der Waals surface area contributed by atoms with Crippen molar-refractivity contribution >= 4 is 17.4 Å². The van der Waals surface area contributed by atoms with Gasteiger partial charge in [0.05, 0.1) is 18.5 Å². The van der Waals surface area contributed by atoms with E-state index in [2.05, 4.69) is 5.10 Å². The molecule has 0 amide bonds. The number of benzene rings is 2. The molecule has 0 aliphatic carbocycles. The third-order valence-electron chi connectivity index (χ3n) is 3.17. The van der Waals surface area contributed by atoms with Crippen LogP contribution in [0.2, 0.25) is 5.02 Å². The lowest BCUT2D eigenvalue weighted by atomic mass is 10.1. The molecule has 21 heavy (non-hydrogen) atoms. The molecule has 3 rings (SSSR count). The van der Waals surface area contributed by atoms with Gasteiger partial charge < -0.3 is 10.5 Å². The first-order valence-electron chi connectivity index (χ1n) is 6.43. The average Bonchev–Trinajstić information content (AvgIpc) is 2.89. The number of ether oxygens (including phenoxy) is 1. The first-order chi connectivity index (χ1) is 10.2. The number of hydrogen-bond acceptors (Lipinski definition) is 3. The van der Waals surface area contributed by atoms with Crippen LogP contribution in [0.15, 0.2) is 54.6 Å². The average molecular weight is 300 g/mol. The van der Waals surface area contributed by atoms with Gasteiger partial charge in [-0.2, -0.15) is 5.10 Å². The topological polar surface area (TPSA) is 53.1 Å². The Hall–Kier alpha value is -2.46. The van der Waals surface area contributed by atoms with E-state index in [0.29, 0.717) is 10.8 Å². The van der Waals surface area contributed by atoms with Crippen LogP contribution in [0.3, 0.4) is 0 Å². The maximum atomic E-state index is 6.06. The van der Waals surface area contributed by atoms with Crippen LogP contribution in [0, 0.1) is 0 Å². The summed E-state index contributed by atoms with van der Waals surface area (Å²) in [6.45, 7) is 0. The number of nitrogens with two attached hydrogens (primary N) is 1. The van der Waals surface area contributed by atoms with E-state index in [0.717, 1.165) is 22.7 Å². The van der Waals surface area contributed by atoms with Crippen LogP contribution in [-0.2, 0) is 0 Å². The molecule has 5 heteroatoms. The van der Waals surface area contributed by atoms with Crippen molar-refractivity contribution in [2.24, 2.45) is 0 Å². The van der Waals surface area contributed by atoms with Gasteiger partial charge in [0.15, 0.2) is 0 Å². The summed E-state index contributed by atoms with van der Waals surface area (Å²) in [5.74, 6) is 1.36. The second-order valence-electron chi connectivity index (χ2n) is 4.57. The highest BCUT2D eigenvalue weighted by Crippen LogP contribution is 2.25. The van der Waals surface area contributed by atoms with Crippen molar-refractivity contribution in [2.75, 3.05) is 12.8 Å². The van der Waals surface area contributed by atoms with Crippen molar-refractivity contribution in [3.8, 4) is 22.7 Å². The molecule has 4 nitrogen and oxygen atoms in total. The number of methoxy groups -OCH3 is 1. The van der Waals surface area contributed by atoms with E-state index in [1.54, 1.807) is 11.8 Å². The highest BCUT2D eigenvalue weighted by atomic mass is 35.5. The van der Waals surface area contributed by atoms with E-state index in [4.69, 9.17) is 22.1 Å². The van der Waals surface area contributed by atoms with E-state index in [1.165, 1.54) is 0 Å². The molecule has 0 aliphatic rings. The molecule has 1 heterocycles. The molecule has 0 radical (unpaired) electrons. The number of nitrogen functional groups attached to an aromatic ring is 1. The summed E-state index contributed by atoms with van der Waals surface area (Å²) >= 11 is 6.01. The van der Waals surface area contributed by atoms with Gasteiger partial charge in [0.25, 0.3) is 0 Å². The van der Waals surface area contributed by atoms with Crippen LogP contribution in [-0.4, -0.2) is 16.9 Å². The molecule has 0 fully saturated rings. The zero-order valence-corrected chi connectivity index (χ0v) is 12.2. The minimum absolute atomic E-state index is 0.565. The Balaban J connectivity index is 2.01. The van der Waals surface area contributed by atoms with Gasteiger partial charge in [0.2, 0.25) is 0 Å². The molecule has 2 N–H and O–H groups in total. The van der Waals surface area contributed by atoms with E-state index in [-0.39, 0.29) is 0 Å². The highest BCUT2D eigenvalue weighted by Gasteiger charge is 2.09. The highest BCUT2D eigenvalue weighted by molar-refractivity contribution is 6.30. The minimum Gasteiger partial charge on any atom is -0.497 e. The number of halogens is 1. The summed E-state index contributed by atoms with van der Waals surface area (Å²) in [6, 6.07) is 16.9. The maximum Gasteiger partial charge on any atom is 0.127 e. The fourth-order valence-corrected chi connectivity index (χ4v) is 2.30. The van der Waals surface area contributed by atoms with Gasteiger partial charge >= 0.3 is 0 Å². The molecule has 1 aromatic heterocycles. The van der Waals surface area contributed by atoms with Crippen molar-refractivity contribution < 1.29 is 4.74 Å². The third kappa shape index (κ3) is 2.71. The van der Waals surface area contributed by atoms with E-state index in [1.807, 2.05) is 54.6 Å². The molecule has 0 bridgehead atoms. The lowest BCUT2D eigenvalue weighted by molar-refractivity contribution is 0.414. The summed E-state index contributed by atoms with van der Waals surface area (Å²) in [5, 5.41) is 5.21. The second kappa shape index (κ2) is 5.50. The van der Waals surface area contributed by atoms with Crippen LogP contribution in [0.1, 0.15) is 0 Å². The number of hydrogen-bond donors (Lipinski definition) is 1. The lowest BCUT2D eigenvalue weighted by Crippen LogP contribution is -2.01. The van der Waals surface area contributed by atoms with E-state index in [9.17, 15) is 0 Å². The smallest absolute Gasteiger partial charge is 0.127 e. The maximum absolute atomic E-state index is 6.06. The Bertz CT molecular complexity index is 765. The molecular formula is C16H14ClN3O. The Labute approximate surface area is 127 Å². The number of rotatable bonds is 3. The van der Waals surface area contributed by atoms with Gasteiger partial charge in [-0.15, -0.1) is 0 Å². The second-order valence-corrected chi connectivity index (χ2v) is 5.01. The lowest BCUT2D eigenvalue weighted by Gasteiger charge is -2.05. The van der Waals surface area contributed by atoms with Crippen LogP contribution >= 0.6 is 11.6 Å². The Kier molecular flexibility index (Phi) is 3.54. The van der Waals surface area contributed by atoms with Crippen molar-refractivity contribution in [1.29, 1.82) is 0 Å². The van der Waals surface area contributed by atoms with Crippen molar-refractivity contribution in [2.45, 2.75) is 0 Å². The molecule has 0 aliphatic heterocycles. The summed E-state index contributed by atoms with van der Waals surface area (Å²) in [7, 11) is 1.63. The van der Waals surface area contributed by atoms with Gasteiger partial charge in [-0.3, -0.25) is 0 Å². The summed E-state index contributed by atoms with van der Waals surface area (Å²) in [6.07, 6.45) is 0. The first-order valence-corrected chi connectivity index (χ1v) is 6.81. The number of nitrogens with zero attached hydrogens (tertiary/aromatic N) is 2. The Morgan fingerprint density at radius 1 is 1.10 bits per heavy atom. The predicted molar refractivity (Wildman–Crippen MR) is 85.0 cm³/mol. The fraction of sp³-hybridized carbons (Fsp3) is 0.0625. The molecule has 3 aromatic rings. The first kappa shape index (κ1) is 13.5. The molecule has 106 valence electrons. The van der Waals surface area contributed by atoms with Gasteiger partial charge in [-0.1, -0.05) is 23.7 Å². The number of anilines is 1. The minimum atomic E-state index is 0.565. The fourth-order valence-electron chi connectivity index (χ4n) is 2.11. The summed E-state index contributed by atoms with van der Waals surface area (Å²) in [4.78, 5) is 0. The van der Waals surface area contributed by atoms with Crippen molar-refractivity contribution in [3.05, 3.63) is 59.6 Å². The van der Waals surface area contributed by atoms with Gasteiger partial charge in [0.1, 0.15) is 11.6 Å². The van der Waals surface area contributed by atoms with Crippen molar-refractivity contribution in [3.63, 3.8) is 0 Å². The van der Waals surface area contributed by atoms with Gasteiger partial charge in [-0.25, -0.2) is 4.68 Å². The summed E-state index contributed by atoms with van der Waals surface area (Å²) in [5.41, 5.74) is 8.65. The normalized spacial score (nSPS) is 10.6.